The maximum atomic E-state index is 12.2. The Morgan fingerprint density at radius 2 is 1.76 bits per heavy atom. The smallest absolute Gasteiger partial charge is 0.407 e. The zero-order valence-electron chi connectivity index (χ0n) is 16.4. The summed E-state index contributed by atoms with van der Waals surface area (Å²) in [6.45, 7) is 12.1. The SMILES string of the molecule is CCC(C)(C)NC[C@@H](O)[C@H](Cc1ccccc1)NC(=O)OC(C)(C)C. The molecule has 1 rings (SSSR count). The molecule has 1 aromatic rings. The van der Waals surface area contributed by atoms with Crippen molar-refractivity contribution in [2.24, 2.45) is 0 Å². The molecule has 0 saturated carbocycles. The van der Waals surface area contributed by atoms with E-state index >= 15 is 0 Å². The number of rotatable bonds is 8. The normalized spacial score (nSPS) is 14.7. The number of hydrogen-bond acceptors (Lipinski definition) is 4. The van der Waals surface area contributed by atoms with Crippen LogP contribution in [0.4, 0.5) is 4.79 Å². The van der Waals surface area contributed by atoms with Crippen molar-refractivity contribution in [3.8, 4) is 0 Å². The summed E-state index contributed by atoms with van der Waals surface area (Å²) in [5, 5.41) is 16.8. The van der Waals surface area contributed by atoms with Gasteiger partial charge < -0.3 is 20.5 Å². The second kappa shape index (κ2) is 9.20. The van der Waals surface area contributed by atoms with Crippen LogP contribution in [0.1, 0.15) is 53.5 Å². The Bertz CT molecular complexity index is 523. The number of aliphatic hydroxyl groups excluding tert-OH is 1. The van der Waals surface area contributed by atoms with Crippen LogP contribution in [0.2, 0.25) is 0 Å². The molecule has 0 aliphatic heterocycles. The topological polar surface area (TPSA) is 70.6 Å². The van der Waals surface area contributed by atoms with E-state index in [1.165, 1.54) is 0 Å². The number of benzene rings is 1. The Labute approximate surface area is 152 Å². The maximum Gasteiger partial charge on any atom is 0.407 e. The van der Waals surface area contributed by atoms with Gasteiger partial charge in [0.2, 0.25) is 0 Å². The third-order valence-electron chi connectivity index (χ3n) is 4.14. The summed E-state index contributed by atoms with van der Waals surface area (Å²) >= 11 is 0. The van der Waals surface area contributed by atoms with Crippen LogP contribution in [0.3, 0.4) is 0 Å². The Kier molecular flexibility index (Phi) is 7.90. The van der Waals surface area contributed by atoms with Gasteiger partial charge in [-0.3, -0.25) is 0 Å². The van der Waals surface area contributed by atoms with Crippen molar-refractivity contribution < 1.29 is 14.6 Å². The second-order valence-electron chi connectivity index (χ2n) is 8.13. The third kappa shape index (κ3) is 8.89. The lowest BCUT2D eigenvalue weighted by molar-refractivity contribution is 0.0416. The minimum absolute atomic E-state index is 0.0653. The third-order valence-corrected chi connectivity index (χ3v) is 4.14. The van der Waals surface area contributed by atoms with Crippen LogP contribution < -0.4 is 10.6 Å². The lowest BCUT2D eigenvalue weighted by Gasteiger charge is -2.30. The van der Waals surface area contributed by atoms with Crippen LogP contribution >= 0.6 is 0 Å². The molecular formula is C20H34N2O3. The Balaban J connectivity index is 2.77. The van der Waals surface area contributed by atoms with Crippen molar-refractivity contribution in [3.63, 3.8) is 0 Å². The average molecular weight is 351 g/mol. The van der Waals surface area contributed by atoms with Crippen molar-refractivity contribution in [2.75, 3.05) is 6.54 Å². The fourth-order valence-corrected chi connectivity index (χ4v) is 2.26. The summed E-state index contributed by atoms with van der Waals surface area (Å²) in [7, 11) is 0. The van der Waals surface area contributed by atoms with Crippen LogP contribution in [0.15, 0.2) is 30.3 Å². The van der Waals surface area contributed by atoms with E-state index in [4.69, 9.17) is 4.74 Å². The minimum Gasteiger partial charge on any atom is -0.444 e. The number of carbonyl (C=O) groups excluding carboxylic acids is 1. The molecule has 5 nitrogen and oxygen atoms in total. The van der Waals surface area contributed by atoms with Gasteiger partial charge in [-0.2, -0.15) is 0 Å². The monoisotopic (exact) mass is 350 g/mol. The van der Waals surface area contributed by atoms with E-state index in [0.717, 1.165) is 12.0 Å². The molecule has 5 heteroatoms. The molecule has 0 aliphatic rings. The first-order valence-electron chi connectivity index (χ1n) is 8.99. The number of carbonyl (C=O) groups is 1. The van der Waals surface area contributed by atoms with E-state index in [1.807, 2.05) is 51.1 Å². The quantitative estimate of drug-likeness (QED) is 0.673. The van der Waals surface area contributed by atoms with E-state index in [9.17, 15) is 9.90 Å². The van der Waals surface area contributed by atoms with Crippen LogP contribution in [0.25, 0.3) is 0 Å². The number of nitrogens with one attached hydrogen (secondary N) is 2. The summed E-state index contributed by atoms with van der Waals surface area (Å²) in [4.78, 5) is 12.2. The molecule has 0 bridgehead atoms. The standard InChI is InChI=1S/C20H34N2O3/c1-7-20(5,6)21-14-17(23)16(13-15-11-9-8-10-12-15)22-18(24)25-19(2,3)4/h8-12,16-17,21,23H,7,13-14H2,1-6H3,(H,22,24)/t16-,17+/m0/s1. The predicted octanol–water partition coefficient (Wildman–Crippen LogP) is 3.26. The number of alkyl carbamates (subject to hydrolysis) is 1. The lowest BCUT2D eigenvalue weighted by Crippen LogP contribution is -2.52. The van der Waals surface area contributed by atoms with Crippen molar-refractivity contribution in [3.05, 3.63) is 35.9 Å². The van der Waals surface area contributed by atoms with Crippen LogP contribution in [0.5, 0.6) is 0 Å². The molecule has 1 aromatic carbocycles. The first-order chi connectivity index (χ1) is 11.5. The Hall–Kier alpha value is -1.59. The first-order valence-corrected chi connectivity index (χ1v) is 8.99. The molecule has 1 amide bonds. The molecule has 0 saturated heterocycles. The molecular weight excluding hydrogens is 316 g/mol. The van der Waals surface area contributed by atoms with E-state index < -0.39 is 23.8 Å². The van der Waals surface area contributed by atoms with Gasteiger partial charge in [0.05, 0.1) is 12.1 Å². The van der Waals surface area contributed by atoms with Gasteiger partial charge in [0, 0.05) is 12.1 Å². The molecule has 2 atom stereocenters. The van der Waals surface area contributed by atoms with Crippen molar-refractivity contribution in [1.29, 1.82) is 0 Å². The predicted molar refractivity (Wildman–Crippen MR) is 102 cm³/mol. The fourth-order valence-electron chi connectivity index (χ4n) is 2.26. The van der Waals surface area contributed by atoms with E-state index in [1.54, 1.807) is 0 Å². The molecule has 0 radical (unpaired) electrons. The van der Waals surface area contributed by atoms with E-state index in [2.05, 4.69) is 31.4 Å². The largest absolute Gasteiger partial charge is 0.444 e. The molecule has 0 heterocycles. The Morgan fingerprint density at radius 3 is 2.28 bits per heavy atom. The summed E-state index contributed by atoms with van der Waals surface area (Å²) in [6, 6.07) is 9.38. The number of hydrogen-bond donors (Lipinski definition) is 3. The molecule has 0 spiro atoms. The Morgan fingerprint density at radius 1 is 1.16 bits per heavy atom. The van der Waals surface area contributed by atoms with Crippen LogP contribution in [-0.4, -0.2) is 41.0 Å². The minimum atomic E-state index is -0.724. The van der Waals surface area contributed by atoms with Crippen molar-refractivity contribution in [1.82, 2.24) is 10.6 Å². The molecule has 3 N–H and O–H groups in total. The zero-order chi connectivity index (χ0) is 19.1. The highest BCUT2D eigenvalue weighted by Gasteiger charge is 2.26. The lowest BCUT2D eigenvalue weighted by atomic mass is 9.98. The van der Waals surface area contributed by atoms with Crippen LogP contribution in [0, 0.1) is 0 Å². The molecule has 25 heavy (non-hydrogen) atoms. The van der Waals surface area contributed by atoms with Gasteiger partial charge in [-0.05, 0) is 53.0 Å². The number of ether oxygens (including phenoxy) is 1. The fraction of sp³-hybridized carbons (Fsp3) is 0.650. The molecule has 0 aromatic heterocycles. The van der Waals surface area contributed by atoms with Gasteiger partial charge in [0.15, 0.2) is 0 Å². The van der Waals surface area contributed by atoms with Crippen molar-refractivity contribution >= 4 is 6.09 Å². The maximum absolute atomic E-state index is 12.2. The zero-order valence-corrected chi connectivity index (χ0v) is 16.4. The average Bonchev–Trinajstić information content (AvgIpc) is 2.51. The molecule has 0 aliphatic carbocycles. The van der Waals surface area contributed by atoms with Gasteiger partial charge >= 0.3 is 6.09 Å². The number of β-amino-alcohol motifs (C(OH)–C–C–N with tert-alkyl or cyclic N) is 1. The van der Waals surface area contributed by atoms with Gasteiger partial charge in [0.25, 0.3) is 0 Å². The number of aliphatic hydroxyl groups is 1. The second-order valence-corrected chi connectivity index (χ2v) is 8.13. The van der Waals surface area contributed by atoms with Gasteiger partial charge in [-0.1, -0.05) is 37.3 Å². The van der Waals surface area contributed by atoms with Crippen molar-refractivity contribution in [2.45, 2.75) is 77.7 Å². The highest BCUT2D eigenvalue weighted by Crippen LogP contribution is 2.12. The summed E-state index contributed by atoms with van der Waals surface area (Å²) in [5.74, 6) is 0. The van der Waals surface area contributed by atoms with Gasteiger partial charge in [-0.25, -0.2) is 4.79 Å². The van der Waals surface area contributed by atoms with Crippen LogP contribution in [-0.2, 0) is 11.2 Å². The van der Waals surface area contributed by atoms with Gasteiger partial charge in [0.1, 0.15) is 5.60 Å². The summed E-state index contributed by atoms with van der Waals surface area (Å²) < 4.78 is 5.34. The summed E-state index contributed by atoms with van der Waals surface area (Å²) in [5.41, 5.74) is 0.413. The van der Waals surface area contributed by atoms with E-state index in [-0.39, 0.29) is 5.54 Å². The highest BCUT2D eigenvalue weighted by atomic mass is 16.6. The highest BCUT2D eigenvalue weighted by molar-refractivity contribution is 5.68. The molecule has 0 fully saturated rings. The summed E-state index contributed by atoms with van der Waals surface area (Å²) in [6.07, 6.45) is 0.249. The number of amides is 1. The molecule has 0 unspecified atom stereocenters. The van der Waals surface area contributed by atoms with E-state index in [0.29, 0.717) is 13.0 Å². The van der Waals surface area contributed by atoms with Gasteiger partial charge in [-0.15, -0.1) is 0 Å². The first kappa shape index (κ1) is 21.5. The molecule has 142 valence electrons.